The van der Waals surface area contributed by atoms with Crippen LogP contribution in [0.25, 0.3) is 0 Å². The third-order valence-corrected chi connectivity index (χ3v) is 6.34. The van der Waals surface area contributed by atoms with Crippen LogP contribution in [0.3, 0.4) is 0 Å². The fourth-order valence-corrected chi connectivity index (χ4v) is 4.32. The molecule has 0 aliphatic heterocycles. The summed E-state index contributed by atoms with van der Waals surface area (Å²) >= 11 is 0. The van der Waals surface area contributed by atoms with E-state index in [2.05, 4.69) is 0 Å². The van der Waals surface area contributed by atoms with Gasteiger partial charge in [-0.3, -0.25) is 0 Å². The van der Waals surface area contributed by atoms with Gasteiger partial charge in [0, 0.05) is 15.9 Å². The van der Waals surface area contributed by atoms with Gasteiger partial charge in [0.1, 0.15) is 5.75 Å². The number of hydrogen-bond donors (Lipinski definition) is 2. The van der Waals surface area contributed by atoms with Crippen molar-refractivity contribution in [2.45, 2.75) is 18.0 Å². The van der Waals surface area contributed by atoms with Crippen LogP contribution in [0.4, 0.5) is 0 Å². The number of hydrogen-bond acceptors (Lipinski definition) is 5. The Balaban J connectivity index is 0.00000240. The van der Waals surface area contributed by atoms with Crippen LogP contribution in [0, 0.1) is 0 Å². The lowest BCUT2D eigenvalue weighted by atomic mass is 9.81. The highest BCUT2D eigenvalue weighted by Gasteiger charge is 2.25. The van der Waals surface area contributed by atoms with Crippen molar-refractivity contribution >= 4 is 22.6 Å². The van der Waals surface area contributed by atoms with Crippen molar-refractivity contribution in [3.63, 3.8) is 0 Å². The first-order chi connectivity index (χ1) is 13.9. The van der Waals surface area contributed by atoms with Crippen LogP contribution in [0.2, 0.25) is 0 Å². The summed E-state index contributed by atoms with van der Waals surface area (Å²) in [5.41, 5.74) is 1.92. The molecule has 0 amide bonds. The Morgan fingerprint density at radius 2 is 1.41 bits per heavy atom. The number of rotatable bonds is 8. The zero-order valence-electron chi connectivity index (χ0n) is 16.0. The number of nitrogens with zero attached hydrogens (tertiary/aromatic N) is 1. The SMILES string of the molecule is COc1ccc(CN(Cc2ccccc2)S(=O)(=O)c2ccc(B(O)O)cc2)cc1.[HH].[HH]. The summed E-state index contributed by atoms with van der Waals surface area (Å²) in [5.74, 6) is 0.698. The van der Waals surface area contributed by atoms with Crippen LogP contribution in [-0.2, 0) is 23.1 Å². The van der Waals surface area contributed by atoms with Crippen molar-refractivity contribution in [2.75, 3.05) is 7.11 Å². The highest BCUT2D eigenvalue weighted by atomic mass is 32.2. The average molecular weight is 415 g/mol. The third-order valence-electron chi connectivity index (χ3n) is 4.54. The summed E-state index contributed by atoms with van der Waals surface area (Å²) in [6.07, 6.45) is 0. The first-order valence-corrected chi connectivity index (χ1v) is 10.5. The molecule has 8 heteroatoms. The second kappa shape index (κ2) is 9.24. The molecule has 29 heavy (non-hydrogen) atoms. The van der Waals surface area contributed by atoms with E-state index in [1.165, 1.54) is 28.6 Å². The van der Waals surface area contributed by atoms with Crippen LogP contribution in [0.5, 0.6) is 5.75 Å². The standard InChI is InChI=1S/C21H22BNO5S.2H2/c1-28-20-11-7-18(8-12-20)16-23(15-17-5-3-2-4-6-17)29(26,27)21-13-9-19(10-14-21)22(24)25;;/h2-14,24-25H,15-16H2,1H3;2*1H. The molecule has 3 aromatic rings. The van der Waals surface area contributed by atoms with Gasteiger partial charge in [-0.05, 0) is 40.9 Å². The van der Waals surface area contributed by atoms with Gasteiger partial charge in [-0.1, -0.05) is 54.6 Å². The largest absolute Gasteiger partial charge is 0.497 e. The lowest BCUT2D eigenvalue weighted by Gasteiger charge is -2.23. The quantitative estimate of drug-likeness (QED) is 0.552. The van der Waals surface area contributed by atoms with Crippen LogP contribution < -0.4 is 10.2 Å². The molecule has 0 bridgehead atoms. The van der Waals surface area contributed by atoms with E-state index in [0.29, 0.717) is 5.75 Å². The van der Waals surface area contributed by atoms with Crippen LogP contribution in [0.15, 0.2) is 83.8 Å². The van der Waals surface area contributed by atoms with Crippen LogP contribution >= 0.6 is 0 Å². The summed E-state index contributed by atoms with van der Waals surface area (Å²) < 4.78 is 33.2. The summed E-state index contributed by atoms with van der Waals surface area (Å²) in [4.78, 5) is 0.0892. The second-order valence-corrected chi connectivity index (χ2v) is 8.49. The Bertz CT molecular complexity index is 1030. The smallest absolute Gasteiger partial charge is 0.488 e. The Kier molecular flexibility index (Phi) is 6.71. The summed E-state index contributed by atoms with van der Waals surface area (Å²) in [5, 5.41) is 18.5. The van der Waals surface area contributed by atoms with E-state index in [1.807, 2.05) is 42.5 Å². The lowest BCUT2D eigenvalue weighted by molar-refractivity contribution is 0.399. The average Bonchev–Trinajstić information content (AvgIpc) is 2.74. The van der Waals surface area contributed by atoms with Gasteiger partial charge in [0.05, 0.1) is 12.0 Å². The van der Waals surface area contributed by atoms with Crippen molar-refractivity contribution in [1.29, 1.82) is 0 Å². The Morgan fingerprint density at radius 3 is 1.93 bits per heavy atom. The molecule has 3 aromatic carbocycles. The van der Waals surface area contributed by atoms with Crippen molar-refractivity contribution in [3.05, 3.63) is 90.0 Å². The molecule has 0 fully saturated rings. The maximum atomic E-state index is 13.3. The number of ether oxygens (including phenoxy) is 1. The summed E-state index contributed by atoms with van der Waals surface area (Å²) in [6.45, 7) is 0.394. The minimum atomic E-state index is -3.82. The zero-order chi connectivity index (χ0) is 20.9. The highest BCUT2D eigenvalue weighted by molar-refractivity contribution is 7.89. The Hall–Kier alpha value is -2.65. The summed E-state index contributed by atoms with van der Waals surface area (Å²) in [7, 11) is -3.89. The van der Waals surface area contributed by atoms with Gasteiger partial charge in [0.25, 0.3) is 0 Å². The molecule has 0 radical (unpaired) electrons. The van der Waals surface area contributed by atoms with E-state index in [1.54, 1.807) is 19.2 Å². The molecule has 0 heterocycles. The minimum Gasteiger partial charge on any atom is -0.497 e. The topological polar surface area (TPSA) is 87.1 Å². The van der Waals surface area contributed by atoms with Gasteiger partial charge in [-0.2, -0.15) is 4.31 Å². The monoisotopic (exact) mass is 415 g/mol. The highest BCUT2D eigenvalue weighted by Crippen LogP contribution is 2.22. The first-order valence-electron chi connectivity index (χ1n) is 9.03. The predicted octanol–water partition coefficient (Wildman–Crippen LogP) is 2.26. The summed E-state index contributed by atoms with van der Waals surface area (Å²) in [6, 6.07) is 22.2. The maximum Gasteiger partial charge on any atom is 0.488 e. The number of benzene rings is 3. The Morgan fingerprint density at radius 1 is 0.862 bits per heavy atom. The van der Waals surface area contributed by atoms with E-state index in [0.717, 1.165) is 11.1 Å². The molecule has 0 aliphatic rings. The second-order valence-electron chi connectivity index (χ2n) is 6.55. The Labute approximate surface area is 174 Å². The molecule has 0 saturated heterocycles. The normalized spacial score (nSPS) is 11.4. The van der Waals surface area contributed by atoms with E-state index in [-0.39, 0.29) is 26.3 Å². The minimum absolute atomic E-state index is 0. The molecule has 6 nitrogen and oxygen atoms in total. The first kappa shape index (κ1) is 21.1. The van der Waals surface area contributed by atoms with Gasteiger partial charge in [-0.15, -0.1) is 0 Å². The molecule has 154 valence electrons. The van der Waals surface area contributed by atoms with Gasteiger partial charge >= 0.3 is 7.12 Å². The van der Waals surface area contributed by atoms with Crippen molar-refractivity contribution in [1.82, 2.24) is 4.31 Å². The van der Waals surface area contributed by atoms with Crippen LogP contribution in [-0.4, -0.2) is 37.0 Å². The number of methoxy groups -OCH3 is 1. The molecule has 0 saturated carbocycles. The third kappa shape index (κ3) is 5.24. The molecule has 0 aromatic heterocycles. The molecule has 0 atom stereocenters. The van der Waals surface area contributed by atoms with Crippen LogP contribution in [0.1, 0.15) is 14.0 Å². The zero-order valence-corrected chi connectivity index (χ0v) is 16.8. The van der Waals surface area contributed by atoms with Gasteiger partial charge in [0.2, 0.25) is 10.0 Å². The molecule has 0 aliphatic carbocycles. The van der Waals surface area contributed by atoms with Gasteiger partial charge in [-0.25, -0.2) is 8.42 Å². The predicted molar refractivity (Wildman–Crippen MR) is 116 cm³/mol. The van der Waals surface area contributed by atoms with Gasteiger partial charge in [0.15, 0.2) is 0 Å². The van der Waals surface area contributed by atoms with Gasteiger partial charge < -0.3 is 14.8 Å². The van der Waals surface area contributed by atoms with E-state index in [9.17, 15) is 18.5 Å². The fraction of sp³-hybridized carbons (Fsp3) is 0.143. The molecule has 3 rings (SSSR count). The van der Waals surface area contributed by atoms with E-state index in [4.69, 9.17) is 4.74 Å². The number of sulfonamides is 1. The molecular formula is C21H26BNO5S. The van der Waals surface area contributed by atoms with E-state index < -0.39 is 17.1 Å². The molecular weight excluding hydrogens is 389 g/mol. The molecule has 0 unspecified atom stereocenters. The van der Waals surface area contributed by atoms with Crippen molar-refractivity contribution < 1.29 is 26.1 Å². The fourth-order valence-electron chi connectivity index (χ4n) is 2.91. The van der Waals surface area contributed by atoms with E-state index >= 15 is 0 Å². The maximum absolute atomic E-state index is 13.3. The van der Waals surface area contributed by atoms with Crippen molar-refractivity contribution in [2.24, 2.45) is 0 Å². The van der Waals surface area contributed by atoms with Crippen molar-refractivity contribution in [3.8, 4) is 5.75 Å². The molecule has 0 spiro atoms. The molecule has 2 N–H and O–H groups in total. The lowest BCUT2D eigenvalue weighted by Crippen LogP contribution is -2.32.